The fourth-order valence-corrected chi connectivity index (χ4v) is 4.43. The quantitative estimate of drug-likeness (QED) is 0.287. The van der Waals surface area contributed by atoms with Gasteiger partial charge in [-0.25, -0.2) is 4.98 Å². The highest BCUT2D eigenvalue weighted by atomic mass is 79.9. The van der Waals surface area contributed by atoms with Crippen LogP contribution in [0.2, 0.25) is 0 Å². The molecule has 7 heteroatoms. The molecule has 1 aromatic heterocycles. The number of nitrogens with zero attached hydrogens (tertiary/aromatic N) is 1. The molecule has 0 atom stereocenters. The van der Waals surface area contributed by atoms with Gasteiger partial charge in [0.25, 0.3) is 5.91 Å². The molecule has 4 rings (SSSR count). The first-order chi connectivity index (χ1) is 15.9. The Balaban J connectivity index is 1.42. The molecule has 5 nitrogen and oxygen atoms in total. The molecule has 0 unspecified atom stereocenters. The van der Waals surface area contributed by atoms with E-state index in [2.05, 4.69) is 47.2 Å². The van der Waals surface area contributed by atoms with E-state index in [1.165, 1.54) is 15.8 Å². The fraction of sp³-hybridized carbons (Fsp3) is 0.154. The first kappa shape index (κ1) is 23.0. The minimum absolute atomic E-state index is 0.119. The Morgan fingerprint density at radius 2 is 1.79 bits per heavy atom. The molecular weight excluding hydrogens is 500 g/mol. The minimum Gasteiger partial charge on any atom is -0.493 e. The molecule has 0 spiro atoms. The summed E-state index contributed by atoms with van der Waals surface area (Å²) in [6.45, 7) is 4.10. The Morgan fingerprint density at radius 3 is 2.55 bits per heavy atom. The number of fused-ring (bicyclic) bond motifs is 1. The van der Waals surface area contributed by atoms with Crippen LogP contribution >= 0.6 is 27.3 Å². The van der Waals surface area contributed by atoms with E-state index in [1.807, 2.05) is 48.6 Å². The van der Waals surface area contributed by atoms with E-state index >= 15 is 0 Å². The molecular formula is C26H23BrN2O3S. The molecule has 0 aliphatic heterocycles. The summed E-state index contributed by atoms with van der Waals surface area (Å²) in [6.07, 6.45) is 3.99. The molecule has 33 heavy (non-hydrogen) atoms. The first-order valence-electron chi connectivity index (χ1n) is 10.3. The minimum atomic E-state index is -0.246. The number of aryl methyl sites for hydroxylation is 2. The Kier molecular flexibility index (Phi) is 7.11. The van der Waals surface area contributed by atoms with Gasteiger partial charge >= 0.3 is 0 Å². The second kappa shape index (κ2) is 10.2. The maximum atomic E-state index is 12.2. The molecule has 0 fully saturated rings. The molecule has 1 heterocycles. The van der Waals surface area contributed by atoms with Crippen molar-refractivity contribution < 1.29 is 14.3 Å². The Bertz CT molecular complexity index is 1290. The van der Waals surface area contributed by atoms with Crippen LogP contribution in [0.5, 0.6) is 11.5 Å². The first-order valence-corrected chi connectivity index (χ1v) is 11.9. The summed E-state index contributed by atoms with van der Waals surface area (Å²) >= 11 is 5.04. The van der Waals surface area contributed by atoms with Gasteiger partial charge in [0.05, 0.1) is 17.3 Å². The molecule has 3 aromatic carbocycles. The van der Waals surface area contributed by atoms with Gasteiger partial charge in [0.1, 0.15) is 5.01 Å². The van der Waals surface area contributed by atoms with Crippen LogP contribution in [0.3, 0.4) is 0 Å². The molecule has 0 radical (unpaired) electrons. The number of nitrogens with one attached hydrogen (secondary N) is 1. The van der Waals surface area contributed by atoms with Crippen molar-refractivity contribution in [1.82, 2.24) is 4.98 Å². The lowest BCUT2D eigenvalue weighted by Gasteiger charge is -2.11. The van der Waals surface area contributed by atoms with Crippen LogP contribution in [-0.2, 0) is 4.79 Å². The molecule has 0 bridgehead atoms. The third-order valence-corrected chi connectivity index (χ3v) is 6.63. The molecule has 0 saturated carbocycles. The van der Waals surface area contributed by atoms with Gasteiger partial charge in [0, 0.05) is 10.2 Å². The van der Waals surface area contributed by atoms with Gasteiger partial charge in [-0.05, 0) is 85.1 Å². The number of hydrogen-bond donors (Lipinski definition) is 1. The maximum Gasteiger partial charge on any atom is 0.262 e. The third kappa shape index (κ3) is 5.80. The van der Waals surface area contributed by atoms with Gasteiger partial charge in [-0.1, -0.05) is 28.1 Å². The Hall–Kier alpha value is -3.16. The van der Waals surface area contributed by atoms with Gasteiger partial charge < -0.3 is 14.8 Å². The maximum absolute atomic E-state index is 12.2. The monoisotopic (exact) mass is 522 g/mol. The summed E-state index contributed by atoms with van der Waals surface area (Å²) in [5, 5.41) is 3.75. The number of amides is 1. The highest BCUT2D eigenvalue weighted by Crippen LogP contribution is 2.30. The number of benzene rings is 3. The largest absolute Gasteiger partial charge is 0.493 e. The van der Waals surface area contributed by atoms with Gasteiger partial charge in [0.2, 0.25) is 0 Å². The van der Waals surface area contributed by atoms with E-state index in [4.69, 9.17) is 14.5 Å². The van der Waals surface area contributed by atoms with Crippen molar-refractivity contribution in [2.75, 3.05) is 19.0 Å². The topological polar surface area (TPSA) is 60.5 Å². The summed E-state index contributed by atoms with van der Waals surface area (Å²) in [5.74, 6) is 0.820. The van der Waals surface area contributed by atoms with E-state index in [1.54, 1.807) is 24.5 Å². The zero-order chi connectivity index (χ0) is 23.4. The van der Waals surface area contributed by atoms with Crippen molar-refractivity contribution >= 4 is 61.2 Å². The van der Waals surface area contributed by atoms with Crippen molar-refractivity contribution in [2.24, 2.45) is 0 Å². The van der Waals surface area contributed by atoms with Gasteiger partial charge in [-0.3, -0.25) is 4.79 Å². The van der Waals surface area contributed by atoms with Crippen LogP contribution in [0.25, 0.3) is 22.4 Å². The van der Waals surface area contributed by atoms with E-state index in [0.717, 1.165) is 20.6 Å². The van der Waals surface area contributed by atoms with Crippen molar-refractivity contribution in [3.63, 3.8) is 0 Å². The number of aromatic nitrogens is 1. The molecule has 168 valence electrons. The molecule has 1 amide bonds. The standard InChI is InChI=1S/C26H23BrN2O3S/c1-16-12-21-24(13-17(16)2)33-26(29-21)11-5-18-4-10-22(23(14-18)31-3)32-15-25(30)28-20-8-6-19(27)7-9-20/h4-14H,15H2,1-3H3,(H,28,30)/b11-5+. The smallest absolute Gasteiger partial charge is 0.262 e. The number of ether oxygens (including phenoxy) is 2. The van der Waals surface area contributed by atoms with E-state index in [9.17, 15) is 4.79 Å². The molecule has 4 aromatic rings. The Labute approximate surface area is 205 Å². The average molecular weight is 523 g/mol. The van der Waals surface area contributed by atoms with Crippen molar-refractivity contribution in [2.45, 2.75) is 13.8 Å². The van der Waals surface area contributed by atoms with Crippen molar-refractivity contribution in [3.05, 3.63) is 80.8 Å². The molecule has 0 aliphatic rings. The average Bonchev–Trinajstić information content (AvgIpc) is 3.19. The van der Waals surface area contributed by atoms with Crippen LogP contribution in [-0.4, -0.2) is 24.6 Å². The summed E-state index contributed by atoms with van der Waals surface area (Å²) < 4.78 is 13.3. The van der Waals surface area contributed by atoms with E-state index in [0.29, 0.717) is 17.2 Å². The van der Waals surface area contributed by atoms with Crippen LogP contribution in [0.15, 0.2) is 59.1 Å². The van der Waals surface area contributed by atoms with Gasteiger partial charge in [0.15, 0.2) is 18.1 Å². The second-order valence-electron chi connectivity index (χ2n) is 7.54. The summed E-state index contributed by atoms with van der Waals surface area (Å²) in [7, 11) is 1.58. The van der Waals surface area contributed by atoms with Crippen LogP contribution in [0.4, 0.5) is 5.69 Å². The number of carbonyl (C=O) groups is 1. The third-order valence-electron chi connectivity index (χ3n) is 5.11. The number of halogens is 1. The molecule has 0 aliphatic carbocycles. The Morgan fingerprint density at radius 1 is 1.03 bits per heavy atom. The zero-order valence-electron chi connectivity index (χ0n) is 18.5. The number of methoxy groups -OCH3 is 1. The van der Waals surface area contributed by atoms with Crippen LogP contribution < -0.4 is 14.8 Å². The lowest BCUT2D eigenvalue weighted by atomic mass is 10.1. The SMILES string of the molecule is COc1cc(/C=C/c2nc3cc(C)c(C)cc3s2)ccc1OCC(=O)Nc1ccc(Br)cc1. The van der Waals surface area contributed by atoms with E-state index in [-0.39, 0.29) is 12.5 Å². The van der Waals surface area contributed by atoms with Gasteiger partial charge in [-0.15, -0.1) is 11.3 Å². The van der Waals surface area contributed by atoms with Crippen LogP contribution in [0, 0.1) is 13.8 Å². The second-order valence-corrected chi connectivity index (χ2v) is 9.52. The highest BCUT2D eigenvalue weighted by molar-refractivity contribution is 9.10. The fourth-order valence-electron chi connectivity index (χ4n) is 3.22. The van der Waals surface area contributed by atoms with Gasteiger partial charge in [-0.2, -0.15) is 0 Å². The van der Waals surface area contributed by atoms with E-state index < -0.39 is 0 Å². The van der Waals surface area contributed by atoms with Crippen molar-refractivity contribution in [3.8, 4) is 11.5 Å². The summed E-state index contributed by atoms with van der Waals surface area (Å²) in [5.41, 5.74) is 5.19. The number of carbonyl (C=O) groups excluding carboxylic acids is 1. The zero-order valence-corrected chi connectivity index (χ0v) is 20.9. The normalized spacial score (nSPS) is 11.2. The highest BCUT2D eigenvalue weighted by Gasteiger charge is 2.09. The number of hydrogen-bond acceptors (Lipinski definition) is 5. The number of anilines is 1. The predicted octanol–water partition coefficient (Wildman–Crippen LogP) is 6.87. The van der Waals surface area contributed by atoms with Crippen LogP contribution in [0.1, 0.15) is 21.7 Å². The summed E-state index contributed by atoms with van der Waals surface area (Å²) in [4.78, 5) is 16.9. The lowest BCUT2D eigenvalue weighted by molar-refractivity contribution is -0.118. The number of thiazole rings is 1. The lowest BCUT2D eigenvalue weighted by Crippen LogP contribution is -2.20. The predicted molar refractivity (Wildman–Crippen MR) is 139 cm³/mol. The molecule has 0 saturated heterocycles. The van der Waals surface area contributed by atoms with Crippen molar-refractivity contribution in [1.29, 1.82) is 0 Å². The number of rotatable bonds is 7. The summed E-state index contributed by atoms with van der Waals surface area (Å²) in [6, 6.07) is 17.3. The molecule has 1 N–H and O–H groups in total.